The van der Waals surface area contributed by atoms with Gasteiger partial charge in [-0.3, -0.25) is 9.59 Å². The van der Waals surface area contributed by atoms with Crippen LogP contribution in [0.15, 0.2) is 50.1 Å². The molecule has 3 heterocycles. The number of hydrogen-bond donors (Lipinski definition) is 0. The van der Waals surface area contributed by atoms with Crippen molar-refractivity contribution in [1.82, 2.24) is 4.90 Å². The van der Waals surface area contributed by atoms with Crippen molar-refractivity contribution in [2.75, 3.05) is 11.5 Å². The number of halogens is 1. The third kappa shape index (κ3) is 3.24. The molecule has 2 unspecified atom stereocenters. The average Bonchev–Trinajstić information content (AvgIpc) is 3.19. The molecule has 1 saturated heterocycles. The first-order valence-corrected chi connectivity index (χ1v) is 12.6. The summed E-state index contributed by atoms with van der Waals surface area (Å²) in [6.07, 6.45) is 0.346. The molecule has 8 heteroatoms. The Morgan fingerprint density at radius 2 is 1.90 bits per heavy atom. The third-order valence-electron chi connectivity index (χ3n) is 6.10. The maximum atomic E-state index is 13.7. The fourth-order valence-electron chi connectivity index (χ4n) is 4.82. The van der Waals surface area contributed by atoms with E-state index in [2.05, 4.69) is 15.9 Å². The highest BCUT2D eigenvalue weighted by Gasteiger charge is 2.48. The molecule has 0 aliphatic carbocycles. The van der Waals surface area contributed by atoms with Crippen molar-refractivity contribution in [3.63, 3.8) is 0 Å². The van der Waals surface area contributed by atoms with Crippen LogP contribution in [-0.2, 0) is 9.84 Å². The van der Waals surface area contributed by atoms with Gasteiger partial charge in [0, 0.05) is 10.5 Å². The van der Waals surface area contributed by atoms with E-state index in [9.17, 15) is 18.0 Å². The Kier molecular flexibility index (Phi) is 4.64. The second kappa shape index (κ2) is 7.03. The number of aryl methyl sites for hydroxylation is 2. The van der Waals surface area contributed by atoms with Gasteiger partial charge < -0.3 is 9.32 Å². The Labute approximate surface area is 187 Å². The number of amides is 1. The molecule has 0 spiro atoms. The van der Waals surface area contributed by atoms with Gasteiger partial charge in [-0.2, -0.15) is 0 Å². The van der Waals surface area contributed by atoms with Gasteiger partial charge in [-0.15, -0.1) is 0 Å². The van der Waals surface area contributed by atoms with Gasteiger partial charge in [-0.1, -0.05) is 34.1 Å². The molecule has 0 bridgehead atoms. The van der Waals surface area contributed by atoms with Gasteiger partial charge in [0.15, 0.2) is 15.3 Å². The lowest BCUT2D eigenvalue weighted by Crippen LogP contribution is -2.40. The molecule has 2 aliphatic rings. The lowest BCUT2D eigenvalue weighted by molar-refractivity contribution is 0.0662. The summed E-state index contributed by atoms with van der Waals surface area (Å²) in [7, 11) is -3.23. The molecule has 1 fully saturated rings. The van der Waals surface area contributed by atoms with Gasteiger partial charge in [0.25, 0.3) is 5.91 Å². The van der Waals surface area contributed by atoms with Gasteiger partial charge in [0.05, 0.1) is 28.5 Å². The molecule has 2 aliphatic heterocycles. The second-order valence-corrected chi connectivity index (χ2v) is 11.5. The average molecular weight is 502 g/mol. The molecule has 5 rings (SSSR count). The van der Waals surface area contributed by atoms with Gasteiger partial charge >= 0.3 is 0 Å². The molecule has 2 atom stereocenters. The maximum absolute atomic E-state index is 13.7. The van der Waals surface area contributed by atoms with Crippen LogP contribution in [0.4, 0.5) is 0 Å². The highest BCUT2D eigenvalue weighted by atomic mass is 79.9. The first kappa shape index (κ1) is 20.5. The number of rotatable bonds is 2. The summed E-state index contributed by atoms with van der Waals surface area (Å²) >= 11 is 3.46. The number of sulfone groups is 1. The zero-order chi connectivity index (χ0) is 22.1. The second-order valence-electron chi connectivity index (χ2n) is 8.36. The van der Waals surface area contributed by atoms with Crippen molar-refractivity contribution < 1.29 is 17.6 Å². The van der Waals surface area contributed by atoms with Crippen LogP contribution in [0, 0.1) is 13.8 Å². The summed E-state index contributed by atoms with van der Waals surface area (Å²) in [5.41, 5.74) is 2.89. The number of benzene rings is 2. The van der Waals surface area contributed by atoms with Crippen LogP contribution < -0.4 is 5.43 Å². The minimum Gasteiger partial charge on any atom is -0.450 e. The molecule has 0 saturated carbocycles. The van der Waals surface area contributed by atoms with Crippen molar-refractivity contribution >= 4 is 42.6 Å². The Bertz CT molecular complexity index is 1430. The number of fused-ring (bicyclic) bond motifs is 2. The fraction of sp³-hybridized carbons (Fsp3) is 0.304. The van der Waals surface area contributed by atoms with Gasteiger partial charge in [0.1, 0.15) is 5.58 Å². The Morgan fingerprint density at radius 1 is 1.13 bits per heavy atom. The predicted octanol–water partition coefficient (Wildman–Crippen LogP) is 3.90. The van der Waals surface area contributed by atoms with Crippen LogP contribution >= 0.6 is 15.9 Å². The molecule has 1 amide bonds. The zero-order valence-electron chi connectivity index (χ0n) is 17.0. The first-order chi connectivity index (χ1) is 14.7. The van der Waals surface area contributed by atoms with Gasteiger partial charge in [0.2, 0.25) is 5.76 Å². The summed E-state index contributed by atoms with van der Waals surface area (Å²) in [5, 5.41) is 0.435. The topological polar surface area (TPSA) is 84.7 Å². The van der Waals surface area contributed by atoms with Gasteiger partial charge in [-0.05, 0) is 55.2 Å². The predicted molar refractivity (Wildman–Crippen MR) is 121 cm³/mol. The molecule has 0 radical (unpaired) electrons. The molecule has 1 aromatic heterocycles. The molecule has 0 N–H and O–H groups in total. The van der Waals surface area contributed by atoms with Crippen LogP contribution in [0.1, 0.15) is 45.3 Å². The molecule has 6 nitrogen and oxygen atoms in total. The summed E-state index contributed by atoms with van der Waals surface area (Å²) in [6.45, 7) is 3.75. The largest absolute Gasteiger partial charge is 0.450 e. The maximum Gasteiger partial charge on any atom is 0.291 e. The molecule has 2 aromatic carbocycles. The van der Waals surface area contributed by atoms with E-state index in [1.54, 1.807) is 11.0 Å². The van der Waals surface area contributed by atoms with Crippen LogP contribution in [0.3, 0.4) is 0 Å². The van der Waals surface area contributed by atoms with Gasteiger partial charge in [-0.25, -0.2) is 8.42 Å². The van der Waals surface area contributed by atoms with Crippen molar-refractivity contribution in [3.8, 4) is 0 Å². The quantitative estimate of drug-likeness (QED) is 0.531. The summed E-state index contributed by atoms with van der Waals surface area (Å²) < 4.78 is 31.2. The van der Waals surface area contributed by atoms with E-state index in [0.717, 1.165) is 21.2 Å². The normalized spacial score (nSPS) is 22.3. The van der Waals surface area contributed by atoms with Crippen LogP contribution in [0.5, 0.6) is 0 Å². The van der Waals surface area contributed by atoms with E-state index >= 15 is 0 Å². The highest BCUT2D eigenvalue weighted by molar-refractivity contribution is 9.10. The summed E-state index contributed by atoms with van der Waals surface area (Å²) in [5.74, 6) is -0.493. The summed E-state index contributed by atoms with van der Waals surface area (Å²) in [6, 6.07) is 9.88. The summed E-state index contributed by atoms with van der Waals surface area (Å²) in [4.78, 5) is 28.7. The molecule has 31 heavy (non-hydrogen) atoms. The smallest absolute Gasteiger partial charge is 0.291 e. The number of nitrogens with zero attached hydrogens (tertiary/aromatic N) is 1. The van der Waals surface area contributed by atoms with E-state index in [4.69, 9.17) is 4.42 Å². The molecule has 160 valence electrons. The molecular weight excluding hydrogens is 482 g/mol. The Balaban J connectivity index is 1.80. The number of hydrogen-bond acceptors (Lipinski definition) is 5. The van der Waals surface area contributed by atoms with E-state index in [0.29, 0.717) is 17.4 Å². The minimum atomic E-state index is -3.23. The van der Waals surface area contributed by atoms with E-state index in [-0.39, 0.29) is 28.3 Å². The third-order valence-corrected chi connectivity index (χ3v) is 8.35. The fourth-order valence-corrected chi connectivity index (χ4v) is 6.95. The lowest BCUT2D eigenvalue weighted by atomic mass is 9.96. The van der Waals surface area contributed by atoms with Crippen LogP contribution in [-0.4, -0.2) is 36.8 Å². The SMILES string of the molecule is Cc1cc(C)c2oc3c(c(=O)c2c1)C(c1cccc(Br)c1)N(C1CCS(=O)(=O)C1)C3=O. The standard InChI is InChI=1S/C23H20BrNO5S/c1-12-8-13(2)21-17(9-12)20(26)18-19(14-4-3-5-15(24)10-14)25(23(27)22(18)30-21)16-6-7-31(28,29)11-16/h3-5,8-10,16,19H,6-7,11H2,1-2H3. The molecular formula is C23H20BrNO5S. The highest BCUT2D eigenvalue weighted by Crippen LogP contribution is 2.42. The Morgan fingerprint density at radius 3 is 2.58 bits per heavy atom. The van der Waals surface area contributed by atoms with Crippen molar-refractivity contribution in [1.29, 1.82) is 0 Å². The van der Waals surface area contributed by atoms with Crippen LogP contribution in [0.2, 0.25) is 0 Å². The first-order valence-electron chi connectivity index (χ1n) is 10.0. The minimum absolute atomic E-state index is 0.0127. The monoisotopic (exact) mass is 501 g/mol. The van der Waals surface area contributed by atoms with Crippen molar-refractivity contribution in [2.45, 2.75) is 32.4 Å². The van der Waals surface area contributed by atoms with Crippen molar-refractivity contribution in [3.05, 3.63) is 79.1 Å². The van der Waals surface area contributed by atoms with Crippen LogP contribution in [0.25, 0.3) is 11.0 Å². The zero-order valence-corrected chi connectivity index (χ0v) is 19.4. The van der Waals surface area contributed by atoms with E-state index in [1.165, 1.54) is 0 Å². The van der Waals surface area contributed by atoms with Crippen molar-refractivity contribution in [2.24, 2.45) is 0 Å². The molecule has 3 aromatic rings. The van der Waals surface area contributed by atoms with E-state index in [1.807, 2.05) is 44.2 Å². The number of carbonyl (C=O) groups is 1. The number of carbonyl (C=O) groups excluding carboxylic acids is 1. The Hall–Kier alpha value is -2.45. The van der Waals surface area contributed by atoms with E-state index < -0.39 is 27.8 Å². The lowest BCUT2D eigenvalue weighted by Gasteiger charge is -2.30.